The van der Waals surface area contributed by atoms with Crippen molar-refractivity contribution in [3.05, 3.63) is 35.4 Å². The average Bonchev–Trinajstić information content (AvgIpc) is 2.73. The number of benzene rings is 1. The third-order valence-electron chi connectivity index (χ3n) is 2.75. The van der Waals surface area contributed by atoms with E-state index in [1.54, 1.807) is 7.11 Å². The number of nitrogens with zero attached hydrogens (tertiary/aromatic N) is 2. The van der Waals surface area contributed by atoms with Crippen LogP contribution in [0, 0.1) is 6.92 Å². The number of methoxy groups -OCH3 is 1. The summed E-state index contributed by atoms with van der Waals surface area (Å²) in [6.07, 6.45) is 0. The van der Waals surface area contributed by atoms with Gasteiger partial charge in [-0.3, -0.25) is 0 Å². The molecule has 4 nitrogen and oxygen atoms in total. The molecule has 18 heavy (non-hydrogen) atoms. The number of anilines is 2. The second kappa shape index (κ2) is 5.27. The molecule has 0 atom stereocenters. The minimum atomic E-state index is 0.452. The Hall–Kier alpha value is -1.75. The lowest BCUT2D eigenvalue weighted by Crippen LogP contribution is -2.15. The summed E-state index contributed by atoms with van der Waals surface area (Å²) in [5.74, 6) is 1.11. The van der Waals surface area contributed by atoms with E-state index in [-0.39, 0.29) is 0 Å². The molecule has 2 rings (SSSR count). The summed E-state index contributed by atoms with van der Waals surface area (Å²) in [5, 5.41) is 0.954. The topological polar surface area (TPSA) is 51.4 Å². The first-order chi connectivity index (χ1) is 8.61. The predicted molar refractivity (Wildman–Crippen MR) is 76.4 cm³/mol. The number of aryl methyl sites for hydroxylation is 1. The van der Waals surface area contributed by atoms with Crippen LogP contribution in [0.15, 0.2) is 24.3 Å². The van der Waals surface area contributed by atoms with E-state index in [9.17, 15) is 0 Å². The molecule has 0 saturated carbocycles. The lowest BCUT2D eigenvalue weighted by Gasteiger charge is -2.18. The van der Waals surface area contributed by atoms with Crippen LogP contribution in [0.1, 0.15) is 11.1 Å². The predicted octanol–water partition coefficient (Wildman–Crippen LogP) is 2.68. The summed E-state index contributed by atoms with van der Waals surface area (Å²) in [6.45, 7) is 2.89. The number of nitrogens with two attached hydrogens (primary N) is 1. The highest BCUT2D eigenvalue weighted by Gasteiger charge is 2.15. The molecule has 0 unspecified atom stereocenters. The Morgan fingerprint density at radius 3 is 2.61 bits per heavy atom. The van der Waals surface area contributed by atoms with Gasteiger partial charge < -0.3 is 15.4 Å². The fraction of sp³-hybridized carbons (Fsp3) is 0.308. The molecule has 0 aliphatic rings. The number of hydrogen-bond donors (Lipinski definition) is 1. The molecule has 0 spiro atoms. The molecule has 0 aliphatic heterocycles. The molecule has 1 heterocycles. The fourth-order valence-electron chi connectivity index (χ4n) is 1.76. The monoisotopic (exact) mass is 263 g/mol. The summed E-state index contributed by atoms with van der Waals surface area (Å²) in [5.41, 5.74) is 8.26. The highest BCUT2D eigenvalue weighted by atomic mass is 32.1. The summed E-state index contributed by atoms with van der Waals surface area (Å²) >= 11 is 1.36. The molecule has 1 aromatic carbocycles. The molecule has 96 valence electrons. The maximum Gasteiger partial charge on any atom is 0.197 e. The summed E-state index contributed by atoms with van der Waals surface area (Å²) in [6, 6.07) is 8.48. The van der Waals surface area contributed by atoms with Crippen LogP contribution in [0.4, 0.5) is 10.8 Å². The number of aromatic nitrogens is 1. The Kier molecular flexibility index (Phi) is 3.72. The SMILES string of the molecule is COc1c(N)nsc1N(C)Cc1ccc(C)cc1. The van der Waals surface area contributed by atoms with Crippen LogP contribution in [-0.4, -0.2) is 18.5 Å². The Bertz CT molecular complexity index is 522. The second-order valence-corrected chi connectivity index (χ2v) is 5.00. The number of hydrogen-bond acceptors (Lipinski definition) is 5. The van der Waals surface area contributed by atoms with Gasteiger partial charge in [-0.1, -0.05) is 29.8 Å². The average molecular weight is 263 g/mol. The molecule has 2 aromatic rings. The highest BCUT2D eigenvalue weighted by molar-refractivity contribution is 7.11. The molecule has 0 fully saturated rings. The van der Waals surface area contributed by atoms with Crippen molar-refractivity contribution >= 4 is 22.4 Å². The van der Waals surface area contributed by atoms with Crippen LogP contribution in [0.3, 0.4) is 0 Å². The van der Waals surface area contributed by atoms with E-state index < -0.39 is 0 Å². The first-order valence-electron chi connectivity index (χ1n) is 5.67. The van der Waals surface area contributed by atoms with Gasteiger partial charge in [-0.05, 0) is 24.0 Å². The lowest BCUT2D eigenvalue weighted by atomic mass is 10.1. The van der Waals surface area contributed by atoms with E-state index in [4.69, 9.17) is 10.5 Å². The van der Waals surface area contributed by atoms with Crippen LogP contribution >= 0.6 is 11.5 Å². The smallest absolute Gasteiger partial charge is 0.197 e. The Morgan fingerprint density at radius 1 is 1.33 bits per heavy atom. The van der Waals surface area contributed by atoms with Gasteiger partial charge in [0.15, 0.2) is 16.6 Å². The Labute approximate surface area is 111 Å². The van der Waals surface area contributed by atoms with Crippen LogP contribution in [0.5, 0.6) is 5.75 Å². The van der Waals surface area contributed by atoms with E-state index in [1.165, 1.54) is 22.7 Å². The van der Waals surface area contributed by atoms with Crippen LogP contribution in [0.2, 0.25) is 0 Å². The summed E-state index contributed by atoms with van der Waals surface area (Å²) in [4.78, 5) is 2.09. The number of rotatable bonds is 4. The molecule has 0 bridgehead atoms. The van der Waals surface area contributed by atoms with Gasteiger partial charge in [0.25, 0.3) is 0 Å². The van der Waals surface area contributed by atoms with Gasteiger partial charge in [0, 0.05) is 13.6 Å². The molecular formula is C13H17N3OS. The molecule has 0 saturated heterocycles. The Balaban J connectivity index is 2.16. The van der Waals surface area contributed by atoms with Gasteiger partial charge in [-0.15, -0.1) is 0 Å². The fourth-order valence-corrected chi connectivity index (χ4v) is 2.50. The first kappa shape index (κ1) is 12.7. The molecule has 0 amide bonds. The summed E-state index contributed by atoms with van der Waals surface area (Å²) < 4.78 is 9.39. The van der Waals surface area contributed by atoms with Crippen molar-refractivity contribution < 1.29 is 4.74 Å². The van der Waals surface area contributed by atoms with Crippen molar-refractivity contribution in [1.82, 2.24) is 4.37 Å². The van der Waals surface area contributed by atoms with Gasteiger partial charge in [-0.2, -0.15) is 4.37 Å². The minimum Gasteiger partial charge on any atom is -0.490 e. The van der Waals surface area contributed by atoms with Crippen molar-refractivity contribution in [2.45, 2.75) is 13.5 Å². The van der Waals surface area contributed by atoms with Gasteiger partial charge in [-0.25, -0.2) is 0 Å². The van der Waals surface area contributed by atoms with E-state index in [0.29, 0.717) is 11.6 Å². The van der Waals surface area contributed by atoms with Crippen molar-refractivity contribution in [3.8, 4) is 5.75 Å². The van der Waals surface area contributed by atoms with E-state index in [2.05, 4.69) is 40.5 Å². The van der Waals surface area contributed by atoms with Gasteiger partial charge in [0.2, 0.25) is 0 Å². The van der Waals surface area contributed by atoms with E-state index in [0.717, 1.165) is 11.5 Å². The lowest BCUT2D eigenvalue weighted by molar-refractivity contribution is 0.418. The second-order valence-electron chi connectivity index (χ2n) is 4.25. The van der Waals surface area contributed by atoms with Crippen molar-refractivity contribution in [2.24, 2.45) is 0 Å². The van der Waals surface area contributed by atoms with Crippen molar-refractivity contribution in [2.75, 3.05) is 24.8 Å². The van der Waals surface area contributed by atoms with Gasteiger partial charge in [0.05, 0.1) is 7.11 Å². The molecular weight excluding hydrogens is 246 g/mol. The maximum atomic E-state index is 5.75. The molecule has 0 radical (unpaired) electrons. The Morgan fingerprint density at radius 2 is 2.00 bits per heavy atom. The van der Waals surface area contributed by atoms with Crippen molar-refractivity contribution in [1.29, 1.82) is 0 Å². The third kappa shape index (κ3) is 2.56. The zero-order valence-corrected chi connectivity index (χ0v) is 11.6. The van der Waals surface area contributed by atoms with E-state index >= 15 is 0 Å². The van der Waals surface area contributed by atoms with Crippen LogP contribution in [0.25, 0.3) is 0 Å². The largest absolute Gasteiger partial charge is 0.490 e. The summed E-state index contributed by atoms with van der Waals surface area (Å²) in [7, 11) is 3.62. The standard InChI is InChI=1S/C13H17N3OS/c1-9-4-6-10(7-5-9)8-16(2)13-11(17-3)12(14)15-18-13/h4-7H,8H2,1-3H3,(H2,14,15). The maximum absolute atomic E-state index is 5.75. The zero-order chi connectivity index (χ0) is 13.1. The van der Waals surface area contributed by atoms with Crippen LogP contribution in [-0.2, 0) is 6.54 Å². The molecule has 1 aromatic heterocycles. The van der Waals surface area contributed by atoms with Crippen molar-refractivity contribution in [3.63, 3.8) is 0 Å². The highest BCUT2D eigenvalue weighted by Crippen LogP contribution is 2.37. The molecule has 2 N–H and O–H groups in total. The quantitative estimate of drug-likeness (QED) is 0.921. The van der Waals surface area contributed by atoms with Gasteiger partial charge in [0.1, 0.15) is 0 Å². The normalized spacial score (nSPS) is 10.4. The number of nitrogen functional groups attached to an aromatic ring is 1. The third-order valence-corrected chi connectivity index (χ3v) is 3.71. The van der Waals surface area contributed by atoms with E-state index in [1.807, 2.05) is 7.05 Å². The molecule has 5 heteroatoms. The van der Waals surface area contributed by atoms with Gasteiger partial charge >= 0.3 is 0 Å². The first-order valence-corrected chi connectivity index (χ1v) is 6.45. The zero-order valence-electron chi connectivity index (χ0n) is 10.8. The van der Waals surface area contributed by atoms with Crippen LogP contribution < -0.4 is 15.4 Å². The minimum absolute atomic E-state index is 0.452. The molecule has 0 aliphatic carbocycles. The number of ether oxygens (including phenoxy) is 1.